The Morgan fingerprint density at radius 3 is 2.70 bits per heavy atom. The highest BCUT2D eigenvalue weighted by Crippen LogP contribution is 2.36. The van der Waals surface area contributed by atoms with Crippen molar-refractivity contribution < 1.29 is 9.13 Å². The molecule has 2 nitrogen and oxygen atoms in total. The van der Waals surface area contributed by atoms with Crippen LogP contribution in [-0.2, 0) is 4.74 Å². The zero-order valence-corrected chi connectivity index (χ0v) is 12.5. The zero-order chi connectivity index (χ0) is 14.2. The molecule has 1 aliphatic carbocycles. The van der Waals surface area contributed by atoms with Crippen LogP contribution in [0.5, 0.6) is 0 Å². The highest BCUT2D eigenvalue weighted by Gasteiger charge is 2.38. The first kappa shape index (κ1) is 14.3. The van der Waals surface area contributed by atoms with Crippen molar-refractivity contribution in [3.63, 3.8) is 0 Å². The fourth-order valence-electron chi connectivity index (χ4n) is 3.24. The van der Waals surface area contributed by atoms with Crippen molar-refractivity contribution in [2.45, 2.75) is 44.2 Å². The summed E-state index contributed by atoms with van der Waals surface area (Å²) in [5.74, 6) is 0.452. The van der Waals surface area contributed by atoms with E-state index in [0.717, 1.165) is 24.6 Å². The molecule has 2 aliphatic rings. The summed E-state index contributed by atoms with van der Waals surface area (Å²) in [5, 5.41) is 3.84. The largest absolute Gasteiger partial charge is 0.370 e. The Hall–Kier alpha value is -0.640. The van der Waals surface area contributed by atoms with Gasteiger partial charge in [-0.15, -0.1) is 0 Å². The van der Waals surface area contributed by atoms with E-state index in [1.54, 1.807) is 12.1 Å². The molecule has 1 aromatic rings. The van der Waals surface area contributed by atoms with Crippen molar-refractivity contribution in [1.29, 1.82) is 0 Å². The maximum absolute atomic E-state index is 13.2. The van der Waals surface area contributed by atoms with Crippen LogP contribution >= 0.6 is 11.6 Å². The monoisotopic (exact) mass is 297 g/mol. The van der Waals surface area contributed by atoms with Crippen LogP contribution in [0.4, 0.5) is 4.39 Å². The first-order valence-corrected chi connectivity index (χ1v) is 7.77. The molecule has 1 spiro atoms. The van der Waals surface area contributed by atoms with Crippen LogP contribution in [0.1, 0.15) is 44.3 Å². The van der Waals surface area contributed by atoms with Crippen molar-refractivity contribution >= 4 is 11.6 Å². The van der Waals surface area contributed by atoms with Gasteiger partial charge in [-0.3, -0.25) is 0 Å². The number of nitrogens with one attached hydrogen (secondary N) is 1. The summed E-state index contributed by atoms with van der Waals surface area (Å²) in [6.45, 7) is 3.83. The van der Waals surface area contributed by atoms with Crippen LogP contribution in [0.2, 0.25) is 5.02 Å². The number of rotatable bonds is 1. The molecule has 1 saturated heterocycles. The number of ether oxygens (including phenoxy) is 1. The van der Waals surface area contributed by atoms with Gasteiger partial charge in [-0.1, -0.05) is 24.6 Å². The number of hydrogen-bond donors (Lipinski definition) is 1. The van der Waals surface area contributed by atoms with Gasteiger partial charge in [0.15, 0.2) is 0 Å². The van der Waals surface area contributed by atoms with Gasteiger partial charge >= 0.3 is 0 Å². The van der Waals surface area contributed by atoms with Crippen LogP contribution in [0.3, 0.4) is 0 Å². The number of morpholine rings is 1. The van der Waals surface area contributed by atoms with Gasteiger partial charge in [-0.25, -0.2) is 4.39 Å². The molecule has 110 valence electrons. The van der Waals surface area contributed by atoms with Crippen LogP contribution < -0.4 is 5.32 Å². The van der Waals surface area contributed by atoms with E-state index in [9.17, 15) is 4.39 Å². The Balaban J connectivity index is 1.65. The van der Waals surface area contributed by atoms with Crippen LogP contribution in [0, 0.1) is 11.7 Å². The van der Waals surface area contributed by atoms with E-state index in [-0.39, 0.29) is 22.5 Å². The number of benzene rings is 1. The third kappa shape index (κ3) is 2.85. The topological polar surface area (TPSA) is 21.3 Å². The van der Waals surface area contributed by atoms with Gasteiger partial charge in [-0.05, 0) is 49.3 Å². The van der Waals surface area contributed by atoms with Gasteiger partial charge in [-0.2, -0.15) is 0 Å². The molecule has 0 aromatic heterocycles. The molecule has 1 atom stereocenters. The molecule has 0 bridgehead atoms. The van der Waals surface area contributed by atoms with Crippen LogP contribution in [0.25, 0.3) is 0 Å². The number of halogens is 2. The molecule has 0 amide bonds. The summed E-state index contributed by atoms with van der Waals surface area (Å²) in [4.78, 5) is 0. The molecular weight excluding hydrogens is 277 g/mol. The van der Waals surface area contributed by atoms with Crippen molar-refractivity contribution in [2.75, 3.05) is 13.2 Å². The summed E-state index contributed by atoms with van der Waals surface area (Å²) < 4.78 is 19.2. The SMILES string of the molecule is CC1CCC2(CC1)COC(c1ccc(F)c(Cl)c1)CN2. The van der Waals surface area contributed by atoms with Crippen molar-refractivity contribution in [3.05, 3.63) is 34.6 Å². The Morgan fingerprint density at radius 1 is 1.35 bits per heavy atom. The zero-order valence-electron chi connectivity index (χ0n) is 11.8. The van der Waals surface area contributed by atoms with E-state index in [1.165, 1.54) is 31.7 Å². The molecule has 20 heavy (non-hydrogen) atoms. The molecule has 2 fully saturated rings. The summed E-state index contributed by atoms with van der Waals surface area (Å²) >= 11 is 5.84. The predicted molar refractivity (Wildman–Crippen MR) is 78.5 cm³/mol. The average Bonchev–Trinajstić information content (AvgIpc) is 2.46. The van der Waals surface area contributed by atoms with E-state index >= 15 is 0 Å². The minimum Gasteiger partial charge on any atom is -0.370 e. The second-order valence-electron chi connectivity index (χ2n) is 6.32. The van der Waals surface area contributed by atoms with E-state index < -0.39 is 0 Å². The predicted octanol–water partition coefficient (Wildman–Crippen LogP) is 4.09. The van der Waals surface area contributed by atoms with Gasteiger partial charge in [0.05, 0.1) is 17.7 Å². The molecular formula is C16H21ClFNO. The summed E-state index contributed by atoms with van der Waals surface area (Å²) in [5.41, 5.74) is 1.11. The molecule has 1 aromatic carbocycles. The minimum absolute atomic E-state index is 0.0296. The van der Waals surface area contributed by atoms with Crippen LogP contribution in [-0.4, -0.2) is 18.7 Å². The Kier molecular flexibility index (Phi) is 4.02. The Morgan fingerprint density at radius 2 is 2.10 bits per heavy atom. The quantitative estimate of drug-likeness (QED) is 0.843. The molecule has 1 unspecified atom stereocenters. The fraction of sp³-hybridized carbons (Fsp3) is 0.625. The van der Waals surface area contributed by atoms with Gasteiger partial charge in [0.25, 0.3) is 0 Å². The van der Waals surface area contributed by atoms with Crippen molar-refractivity contribution in [2.24, 2.45) is 5.92 Å². The fourth-order valence-corrected chi connectivity index (χ4v) is 3.43. The van der Waals surface area contributed by atoms with Gasteiger partial charge in [0.2, 0.25) is 0 Å². The van der Waals surface area contributed by atoms with Crippen molar-refractivity contribution in [1.82, 2.24) is 5.32 Å². The molecule has 1 aliphatic heterocycles. The second kappa shape index (κ2) is 5.63. The standard InChI is InChI=1S/C16H21ClFNO/c1-11-4-6-16(7-5-11)10-20-15(9-19-16)12-2-3-14(18)13(17)8-12/h2-3,8,11,15,19H,4-7,9-10H2,1H3. The Labute approximate surface area is 124 Å². The smallest absolute Gasteiger partial charge is 0.141 e. The molecule has 3 rings (SSSR count). The number of hydrogen-bond acceptors (Lipinski definition) is 2. The highest BCUT2D eigenvalue weighted by molar-refractivity contribution is 6.30. The third-order valence-corrected chi connectivity index (χ3v) is 5.06. The van der Waals surface area contributed by atoms with Gasteiger partial charge in [0.1, 0.15) is 5.82 Å². The summed E-state index contributed by atoms with van der Waals surface area (Å²) in [6, 6.07) is 4.84. The van der Waals surface area contributed by atoms with Gasteiger partial charge in [0, 0.05) is 12.1 Å². The molecule has 1 N–H and O–H groups in total. The molecule has 1 heterocycles. The normalized spacial score (nSPS) is 34.4. The van der Waals surface area contributed by atoms with E-state index in [4.69, 9.17) is 16.3 Å². The summed E-state index contributed by atoms with van der Waals surface area (Å²) in [6.07, 6.45) is 4.88. The summed E-state index contributed by atoms with van der Waals surface area (Å²) in [7, 11) is 0. The molecule has 4 heteroatoms. The molecule has 0 radical (unpaired) electrons. The lowest BCUT2D eigenvalue weighted by molar-refractivity contribution is -0.0504. The van der Waals surface area contributed by atoms with E-state index in [2.05, 4.69) is 12.2 Å². The highest BCUT2D eigenvalue weighted by atomic mass is 35.5. The first-order valence-electron chi connectivity index (χ1n) is 7.40. The Bertz CT molecular complexity index is 475. The maximum atomic E-state index is 13.2. The molecule has 1 saturated carbocycles. The first-order chi connectivity index (χ1) is 9.58. The van der Waals surface area contributed by atoms with E-state index in [1.807, 2.05) is 0 Å². The van der Waals surface area contributed by atoms with E-state index in [0.29, 0.717) is 0 Å². The van der Waals surface area contributed by atoms with Crippen molar-refractivity contribution in [3.8, 4) is 0 Å². The average molecular weight is 298 g/mol. The lowest BCUT2D eigenvalue weighted by Gasteiger charge is -2.45. The third-order valence-electron chi connectivity index (χ3n) is 4.77. The lowest BCUT2D eigenvalue weighted by atomic mass is 9.77. The van der Waals surface area contributed by atoms with Gasteiger partial charge < -0.3 is 10.1 Å². The maximum Gasteiger partial charge on any atom is 0.141 e. The minimum atomic E-state index is -0.378. The van der Waals surface area contributed by atoms with Crippen LogP contribution in [0.15, 0.2) is 18.2 Å². The second-order valence-corrected chi connectivity index (χ2v) is 6.72. The lowest BCUT2D eigenvalue weighted by Crippen LogP contribution is -2.56.